The van der Waals surface area contributed by atoms with Gasteiger partial charge < -0.3 is 5.11 Å². The van der Waals surface area contributed by atoms with Gasteiger partial charge in [-0.15, -0.1) is 0 Å². The van der Waals surface area contributed by atoms with E-state index >= 15 is 0 Å². The predicted octanol–water partition coefficient (Wildman–Crippen LogP) is 2.26. The first kappa shape index (κ1) is 7.80. The van der Waals surface area contributed by atoms with Crippen molar-refractivity contribution in [3.05, 3.63) is 11.6 Å². The summed E-state index contributed by atoms with van der Waals surface area (Å²) in [4.78, 5) is 0. The third kappa shape index (κ3) is 2.53. The van der Waals surface area contributed by atoms with Crippen LogP contribution in [0.5, 0.6) is 0 Å². The highest BCUT2D eigenvalue weighted by atomic mass is 16.3. The molecule has 0 fully saturated rings. The van der Waals surface area contributed by atoms with E-state index in [1.807, 2.05) is 0 Å². The number of aliphatic hydroxyl groups is 1. The Bertz CT molecular complexity index is 127. The van der Waals surface area contributed by atoms with Crippen molar-refractivity contribution in [3.8, 4) is 0 Å². The molecule has 0 saturated carbocycles. The standard InChI is InChI=1S/C9H16O/c1-8-4-2-3-5-9(10)7-6-8/h6,9-10H,2-5,7H2,1H3/b8-6-. The SMILES string of the molecule is C/C1=C/CC(O)CCCC1. The van der Waals surface area contributed by atoms with Crippen LogP contribution >= 0.6 is 0 Å². The molecule has 0 amide bonds. The molecule has 0 spiro atoms. The number of hydrogen-bond acceptors (Lipinski definition) is 1. The van der Waals surface area contributed by atoms with Crippen molar-refractivity contribution in [1.29, 1.82) is 0 Å². The maximum atomic E-state index is 9.29. The van der Waals surface area contributed by atoms with E-state index in [4.69, 9.17) is 0 Å². The van der Waals surface area contributed by atoms with E-state index in [9.17, 15) is 5.11 Å². The molecule has 1 nitrogen and oxygen atoms in total. The van der Waals surface area contributed by atoms with Crippen molar-refractivity contribution in [2.45, 2.75) is 45.1 Å². The summed E-state index contributed by atoms with van der Waals surface area (Å²) in [5, 5.41) is 9.29. The summed E-state index contributed by atoms with van der Waals surface area (Å²) >= 11 is 0. The molecule has 0 radical (unpaired) electrons. The molecule has 0 aromatic rings. The van der Waals surface area contributed by atoms with Crippen LogP contribution in [0.25, 0.3) is 0 Å². The normalized spacial score (nSPS) is 33.8. The highest BCUT2D eigenvalue weighted by Crippen LogP contribution is 2.16. The lowest BCUT2D eigenvalue weighted by Crippen LogP contribution is -2.06. The first-order valence-electron chi connectivity index (χ1n) is 4.13. The molecular weight excluding hydrogens is 124 g/mol. The first-order valence-corrected chi connectivity index (χ1v) is 4.13. The van der Waals surface area contributed by atoms with Crippen LogP contribution in [-0.4, -0.2) is 11.2 Å². The van der Waals surface area contributed by atoms with Gasteiger partial charge in [-0.25, -0.2) is 0 Å². The van der Waals surface area contributed by atoms with Crippen molar-refractivity contribution >= 4 is 0 Å². The second kappa shape index (κ2) is 3.77. The highest BCUT2D eigenvalue weighted by Gasteiger charge is 2.04. The van der Waals surface area contributed by atoms with Gasteiger partial charge in [-0.2, -0.15) is 0 Å². The van der Waals surface area contributed by atoms with Crippen molar-refractivity contribution in [3.63, 3.8) is 0 Å². The molecule has 1 aliphatic carbocycles. The zero-order chi connectivity index (χ0) is 7.40. The Morgan fingerprint density at radius 2 is 2.30 bits per heavy atom. The smallest absolute Gasteiger partial charge is 0.0574 e. The molecule has 1 unspecified atom stereocenters. The van der Waals surface area contributed by atoms with Gasteiger partial charge in [-0.3, -0.25) is 0 Å². The molecule has 0 aliphatic heterocycles. The van der Waals surface area contributed by atoms with Crippen molar-refractivity contribution < 1.29 is 5.11 Å². The highest BCUT2D eigenvalue weighted by molar-refractivity contribution is 4.99. The maximum Gasteiger partial charge on any atom is 0.0574 e. The molecule has 10 heavy (non-hydrogen) atoms. The molecule has 0 aromatic carbocycles. The van der Waals surface area contributed by atoms with Crippen LogP contribution in [0.4, 0.5) is 0 Å². The van der Waals surface area contributed by atoms with Gasteiger partial charge in [0.1, 0.15) is 0 Å². The van der Waals surface area contributed by atoms with Crippen LogP contribution in [-0.2, 0) is 0 Å². The molecule has 0 bridgehead atoms. The van der Waals surface area contributed by atoms with Crippen LogP contribution in [0, 0.1) is 0 Å². The minimum Gasteiger partial charge on any atom is -0.393 e. The maximum absolute atomic E-state index is 9.29. The molecule has 1 heteroatoms. The van der Waals surface area contributed by atoms with Gasteiger partial charge in [0.05, 0.1) is 6.10 Å². The van der Waals surface area contributed by atoms with E-state index in [0.29, 0.717) is 0 Å². The molecule has 1 aliphatic rings. The molecule has 58 valence electrons. The summed E-state index contributed by atoms with van der Waals surface area (Å²) in [6, 6.07) is 0. The second-order valence-electron chi connectivity index (χ2n) is 3.19. The Morgan fingerprint density at radius 1 is 1.50 bits per heavy atom. The first-order chi connectivity index (χ1) is 4.79. The van der Waals surface area contributed by atoms with E-state index in [1.54, 1.807) is 0 Å². The third-order valence-electron chi connectivity index (χ3n) is 2.10. The summed E-state index contributed by atoms with van der Waals surface area (Å²) in [5.41, 5.74) is 1.44. The molecule has 0 saturated heterocycles. The van der Waals surface area contributed by atoms with Crippen LogP contribution < -0.4 is 0 Å². The van der Waals surface area contributed by atoms with Gasteiger partial charge in [0.15, 0.2) is 0 Å². The Kier molecular flexibility index (Phi) is 2.94. The Balaban J connectivity index is 2.42. The number of hydrogen-bond donors (Lipinski definition) is 1. The second-order valence-corrected chi connectivity index (χ2v) is 3.19. The summed E-state index contributed by atoms with van der Waals surface area (Å²) < 4.78 is 0. The van der Waals surface area contributed by atoms with E-state index in [1.165, 1.54) is 24.8 Å². The van der Waals surface area contributed by atoms with E-state index in [2.05, 4.69) is 13.0 Å². The van der Waals surface area contributed by atoms with Crippen LogP contribution in [0.2, 0.25) is 0 Å². The van der Waals surface area contributed by atoms with Gasteiger partial charge in [-0.1, -0.05) is 18.1 Å². The Hall–Kier alpha value is -0.300. The Labute approximate surface area is 62.8 Å². The number of rotatable bonds is 0. The molecule has 1 rings (SSSR count). The minimum atomic E-state index is -0.0738. The summed E-state index contributed by atoms with van der Waals surface area (Å²) in [5.74, 6) is 0. The van der Waals surface area contributed by atoms with E-state index in [-0.39, 0.29) is 6.10 Å². The third-order valence-corrected chi connectivity index (χ3v) is 2.10. The minimum absolute atomic E-state index is 0.0738. The van der Waals surface area contributed by atoms with Gasteiger partial charge in [0.2, 0.25) is 0 Å². The Morgan fingerprint density at radius 3 is 3.10 bits per heavy atom. The monoisotopic (exact) mass is 140 g/mol. The van der Waals surface area contributed by atoms with Crippen molar-refractivity contribution in [2.75, 3.05) is 0 Å². The summed E-state index contributed by atoms with van der Waals surface area (Å²) in [6.45, 7) is 2.15. The fourth-order valence-electron chi connectivity index (χ4n) is 1.34. The largest absolute Gasteiger partial charge is 0.393 e. The van der Waals surface area contributed by atoms with Crippen molar-refractivity contribution in [2.24, 2.45) is 0 Å². The summed E-state index contributed by atoms with van der Waals surface area (Å²) in [7, 11) is 0. The fourth-order valence-corrected chi connectivity index (χ4v) is 1.34. The molecule has 0 aromatic heterocycles. The van der Waals surface area contributed by atoms with E-state index < -0.39 is 0 Å². The van der Waals surface area contributed by atoms with Gasteiger partial charge in [0, 0.05) is 0 Å². The fraction of sp³-hybridized carbons (Fsp3) is 0.778. The molecular formula is C9H16O. The lowest BCUT2D eigenvalue weighted by Gasteiger charge is -2.12. The average Bonchev–Trinajstić information content (AvgIpc) is 1.90. The van der Waals surface area contributed by atoms with Gasteiger partial charge >= 0.3 is 0 Å². The van der Waals surface area contributed by atoms with Crippen LogP contribution in [0.1, 0.15) is 39.0 Å². The zero-order valence-electron chi connectivity index (χ0n) is 6.64. The van der Waals surface area contributed by atoms with Crippen LogP contribution in [0.15, 0.2) is 11.6 Å². The van der Waals surface area contributed by atoms with E-state index in [0.717, 1.165) is 12.8 Å². The zero-order valence-corrected chi connectivity index (χ0v) is 6.64. The predicted molar refractivity (Wildman–Crippen MR) is 42.8 cm³/mol. The number of allylic oxidation sites excluding steroid dienone is 1. The lowest BCUT2D eigenvalue weighted by atomic mass is 9.99. The summed E-state index contributed by atoms with van der Waals surface area (Å²) in [6.07, 6.45) is 7.62. The van der Waals surface area contributed by atoms with Gasteiger partial charge in [0.25, 0.3) is 0 Å². The average molecular weight is 140 g/mol. The van der Waals surface area contributed by atoms with Gasteiger partial charge in [-0.05, 0) is 32.6 Å². The van der Waals surface area contributed by atoms with Crippen molar-refractivity contribution in [1.82, 2.24) is 0 Å². The number of aliphatic hydroxyl groups excluding tert-OH is 1. The molecule has 1 N–H and O–H groups in total. The lowest BCUT2D eigenvalue weighted by molar-refractivity contribution is 0.162. The van der Waals surface area contributed by atoms with Crippen LogP contribution in [0.3, 0.4) is 0 Å². The quantitative estimate of drug-likeness (QED) is 0.512. The molecule has 0 heterocycles. The topological polar surface area (TPSA) is 20.2 Å². The molecule has 1 atom stereocenters.